The van der Waals surface area contributed by atoms with Crippen molar-refractivity contribution in [3.05, 3.63) is 121 Å². The van der Waals surface area contributed by atoms with Crippen LogP contribution < -0.4 is 24.6 Å². The van der Waals surface area contributed by atoms with Gasteiger partial charge in [-0.1, -0.05) is 72.0 Å². The molecular weight excluding hydrogens is 576 g/mol. The van der Waals surface area contributed by atoms with E-state index in [2.05, 4.69) is 5.10 Å². The Hall–Kier alpha value is -5.09. The molecule has 3 heterocycles. The zero-order chi connectivity index (χ0) is 30.8. The van der Waals surface area contributed by atoms with E-state index in [1.807, 2.05) is 91.9 Å². The lowest BCUT2D eigenvalue weighted by Crippen LogP contribution is -2.40. The molecule has 0 aliphatic carbocycles. The number of para-hydroxylation sites is 1. The number of thiazole rings is 1. The molecule has 2 aliphatic rings. The number of rotatable bonds is 8. The fraction of sp³-hybridized carbons (Fsp3) is 0.206. The third kappa shape index (κ3) is 5.28. The molecule has 2 atom stereocenters. The first-order chi connectivity index (χ1) is 21.4. The minimum atomic E-state index is -0.826. The molecule has 6 rings (SSSR count). The van der Waals surface area contributed by atoms with Gasteiger partial charge in [0.05, 0.1) is 46.5 Å². The molecule has 0 saturated heterocycles. The number of carbonyl (C=O) groups excluding carboxylic acids is 2. The van der Waals surface area contributed by atoms with Crippen molar-refractivity contribution < 1.29 is 19.1 Å². The minimum absolute atomic E-state index is 0.158. The van der Waals surface area contributed by atoms with Crippen molar-refractivity contribution in [1.82, 2.24) is 4.57 Å². The highest BCUT2D eigenvalue weighted by Gasteiger charge is 2.37. The van der Waals surface area contributed by atoms with Crippen LogP contribution in [0.25, 0.3) is 11.8 Å². The molecule has 0 radical (unpaired) electrons. The van der Waals surface area contributed by atoms with E-state index in [0.29, 0.717) is 44.3 Å². The van der Waals surface area contributed by atoms with E-state index < -0.39 is 17.9 Å². The Balaban J connectivity index is 1.54. The first-order valence-corrected chi connectivity index (χ1v) is 15.2. The molecule has 1 aromatic heterocycles. The topological polar surface area (TPSA) is 103 Å². The third-order valence-corrected chi connectivity index (χ3v) is 8.38. The van der Waals surface area contributed by atoms with Crippen LogP contribution >= 0.6 is 11.3 Å². The molecule has 0 N–H and O–H groups in total. The second-order valence-electron chi connectivity index (χ2n) is 10.2. The average molecular weight is 607 g/mol. The van der Waals surface area contributed by atoms with Crippen LogP contribution in [0.2, 0.25) is 0 Å². The number of benzene rings is 3. The number of hydrogen-bond acceptors (Lipinski definition) is 8. The zero-order valence-electron chi connectivity index (χ0n) is 24.5. The zero-order valence-corrected chi connectivity index (χ0v) is 25.3. The van der Waals surface area contributed by atoms with Gasteiger partial charge < -0.3 is 9.47 Å². The molecule has 0 bridgehead atoms. The number of carbonyl (C=O) groups is 2. The number of esters is 1. The second kappa shape index (κ2) is 12.3. The van der Waals surface area contributed by atoms with Gasteiger partial charge >= 0.3 is 5.97 Å². The first kappa shape index (κ1) is 29.0. The number of amides is 1. The predicted octanol–water partition coefficient (Wildman–Crippen LogP) is 4.32. The maximum atomic E-state index is 14.2. The summed E-state index contributed by atoms with van der Waals surface area (Å²) < 4.78 is 13.0. The van der Waals surface area contributed by atoms with Crippen molar-refractivity contribution in [3.8, 4) is 5.75 Å². The lowest BCUT2D eigenvalue weighted by atomic mass is 9.93. The van der Waals surface area contributed by atoms with Crippen LogP contribution in [0, 0.1) is 5.92 Å². The number of nitrogens with zero attached hydrogens (tertiary/aromatic N) is 4. The molecule has 9 nitrogen and oxygen atoms in total. The minimum Gasteiger partial charge on any atom is -0.494 e. The normalized spacial score (nSPS) is 18.2. The Kier molecular flexibility index (Phi) is 8.08. The summed E-state index contributed by atoms with van der Waals surface area (Å²) in [6.45, 7) is 6.08. The summed E-state index contributed by atoms with van der Waals surface area (Å²) in [5.41, 5.74) is 2.96. The Labute approximate surface area is 257 Å². The number of fused-ring (bicyclic) bond motifs is 1. The summed E-state index contributed by atoms with van der Waals surface area (Å²) in [6, 6.07) is 25.0. The fourth-order valence-electron chi connectivity index (χ4n) is 5.36. The summed E-state index contributed by atoms with van der Waals surface area (Å²) in [4.78, 5) is 46.6. The molecule has 0 fully saturated rings. The molecule has 3 aromatic carbocycles. The van der Waals surface area contributed by atoms with Crippen molar-refractivity contribution in [2.45, 2.75) is 26.8 Å². The van der Waals surface area contributed by atoms with Crippen LogP contribution in [-0.4, -0.2) is 35.4 Å². The van der Waals surface area contributed by atoms with E-state index in [9.17, 15) is 14.4 Å². The van der Waals surface area contributed by atoms with E-state index >= 15 is 0 Å². The van der Waals surface area contributed by atoms with Gasteiger partial charge in [-0.2, -0.15) is 10.1 Å². The molecule has 10 heteroatoms. The van der Waals surface area contributed by atoms with E-state index in [1.165, 1.54) is 20.9 Å². The lowest BCUT2D eigenvalue weighted by molar-refractivity contribution is -0.138. The number of aromatic nitrogens is 1. The van der Waals surface area contributed by atoms with Crippen molar-refractivity contribution in [2.75, 3.05) is 18.2 Å². The Bertz CT molecular complexity index is 1960. The predicted molar refractivity (Wildman–Crippen MR) is 170 cm³/mol. The van der Waals surface area contributed by atoms with Gasteiger partial charge in [0, 0.05) is 5.56 Å². The standard InChI is InChI=1S/C34H30N4O5S/c1-4-42-25-18-16-23(17-19-25)30-28(33(41)43-5-2)29(22-12-8-6-9-13-22)35-34-37(30)32(40)27(44-34)20-26-21(3)36-38(31(26)39)24-14-10-7-11-15-24/h6-20,26,30H,4-5H2,1-3H3/b27-20-/t26-,30-/m1/s1. The van der Waals surface area contributed by atoms with E-state index in [0.717, 1.165) is 5.56 Å². The molecule has 222 valence electrons. The fourth-order valence-corrected chi connectivity index (χ4v) is 6.37. The quantitative estimate of drug-likeness (QED) is 0.278. The van der Waals surface area contributed by atoms with E-state index in [-0.39, 0.29) is 23.6 Å². The highest BCUT2D eigenvalue weighted by atomic mass is 32.1. The van der Waals surface area contributed by atoms with Gasteiger partial charge in [0.1, 0.15) is 11.7 Å². The second-order valence-corrected chi connectivity index (χ2v) is 11.2. The van der Waals surface area contributed by atoms with Crippen molar-refractivity contribution in [3.63, 3.8) is 0 Å². The Morgan fingerprint density at radius 2 is 1.61 bits per heavy atom. The number of anilines is 1. The van der Waals surface area contributed by atoms with Gasteiger partial charge in [0.2, 0.25) is 0 Å². The van der Waals surface area contributed by atoms with Crippen LogP contribution in [0.4, 0.5) is 5.69 Å². The monoisotopic (exact) mass is 606 g/mol. The van der Waals surface area contributed by atoms with E-state index in [4.69, 9.17) is 14.5 Å². The molecular formula is C34H30N4O5S. The van der Waals surface area contributed by atoms with Crippen LogP contribution in [0.1, 0.15) is 37.9 Å². The first-order valence-electron chi connectivity index (χ1n) is 14.4. The van der Waals surface area contributed by atoms with Crippen LogP contribution in [0.3, 0.4) is 0 Å². The highest BCUT2D eigenvalue weighted by Crippen LogP contribution is 2.36. The molecule has 1 amide bonds. The molecule has 0 saturated carbocycles. The van der Waals surface area contributed by atoms with E-state index in [1.54, 1.807) is 19.9 Å². The molecule has 44 heavy (non-hydrogen) atoms. The Morgan fingerprint density at radius 3 is 2.27 bits per heavy atom. The smallest absolute Gasteiger partial charge is 0.338 e. The van der Waals surface area contributed by atoms with Crippen LogP contribution in [0.5, 0.6) is 5.75 Å². The maximum Gasteiger partial charge on any atom is 0.338 e. The van der Waals surface area contributed by atoms with Gasteiger partial charge in [-0.15, -0.1) is 0 Å². The average Bonchev–Trinajstić information content (AvgIpc) is 3.52. The van der Waals surface area contributed by atoms with Crippen LogP contribution in [-0.2, 0) is 14.3 Å². The molecule has 2 aliphatic heterocycles. The summed E-state index contributed by atoms with van der Waals surface area (Å²) >= 11 is 1.18. The lowest BCUT2D eigenvalue weighted by Gasteiger charge is -2.26. The summed E-state index contributed by atoms with van der Waals surface area (Å²) in [5.74, 6) is -0.861. The summed E-state index contributed by atoms with van der Waals surface area (Å²) in [6.07, 6.45) is 1.65. The molecule has 0 unspecified atom stereocenters. The summed E-state index contributed by atoms with van der Waals surface area (Å²) in [5, 5.41) is 5.85. The molecule has 4 aromatic rings. The van der Waals surface area contributed by atoms with Crippen molar-refractivity contribution in [2.24, 2.45) is 16.0 Å². The number of hydrogen-bond donors (Lipinski definition) is 0. The van der Waals surface area contributed by atoms with Crippen molar-refractivity contribution in [1.29, 1.82) is 0 Å². The van der Waals surface area contributed by atoms with Gasteiger partial charge in [0.15, 0.2) is 4.80 Å². The van der Waals surface area contributed by atoms with Gasteiger partial charge in [0.25, 0.3) is 11.5 Å². The summed E-state index contributed by atoms with van der Waals surface area (Å²) in [7, 11) is 0. The molecule has 0 spiro atoms. The third-order valence-electron chi connectivity index (χ3n) is 7.38. The van der Waals surface area contributed by atoms with Gasteiger partial charge in [-0.05, 0) is 56.7 Å². The van der Waals surface area contributed by atoms with Gasteiger partial charge in [-0.3, -0.25) is 14.2 Å². The number of ether oxygens (including phenoxy) is 2. The van der Waals surface area contributed by atoms with Crippen LogP contribution in [0.15, 0.2) is 105 Å². The van der Waals surface area contributed by atoms with Gasteiger partial charge in [-0.25, -0.2) is 9.79 Å². The highest BCUT2D eigenvalue weighted by molar-refractivity contribution is 7.07. The SMILES string of the molecule is CCOC(=O)C1=C(c2ccccc2)N=c2s/c(=C\[C@H]3C(=O)N(c4ccccc4)N=C3C)c(=O)n2[C@@H]1c1ccc(OCC)cc1. The number of hydrazone groups is 1. The Morgan fingerprint density at radius 1 is 0.932 bits per heavy atom. The largest absolute Gasteiger partial charge is 0.494 e. The maximum absolute atomic E-state index is 14.2. The van der Waals surface area contributed by atoms with Crippen molar-refractivity contribution >= 4 is 46.4 Å².